The Morgan fingerprint density at radius 1 is 1.14 bits per heavy atom. The zero-order valence-electron chi connectivity index (χ0n) is 16.5. The van der Waals surface area contributed by atoms with Crippen LogP contribution in [0, 0.1) is 12.7 Å². The second-order valence-corrected chi connectivity index (χ2v) is 7.42. The van der Waals surface area contributed by atoms with Crippen molar-refractivity contribution in [2.24, 2.45) is 0 Å². The van der Waals surface area contributed by atoms with Gasteiger partial charge < -0.3 is 10.1 Å². The first-order valence-corrected chi connectivity index (χ1v) is 9.58. The second-order valence-electron chi connectivity index (χ2n) is 7.42. The van der Waals surface area contributed by atoms with Crippen LogP contribution in [-0.4, -0.2) is 17.1 Å². The summed E-state index contributed by atoms with van der Waals surface area (Å²) >= 11 is 0. The van der Waals surface area contributed by atoms with Crippen molar-refractivity contribution in [3.63, 3.8) is 0 Å². The minimum atomic E-state index is -2.87. The van der Waals surface area contributed by atoms with Crippen LogP contribution >= 0.6 is 0 Å². The summed E-state index contributed by atoms with van der Waals surface area (Å²) in [6.45, 7) is 3.50. The number of halogens is 3. The molecule has 4 rings (SSSR count). The van der Waals surface area contributed by atoms with E-state index in [-0.39, 0.29) is 5.56 Å². The Bertz CT molecular complexity index is 1070. The lowest BCUT2D eigenvalue weighted by Crippen LogP contribution is -2.12. The molecule has 4 nitrogen and oxygen atoms in total. The normalized spacial score (nSPS) is 15.0. The monoisotopic (exact) mass is 401 g/mol. The molecule has 1 N–H and O–H groups in total. The van der Waals surface area contributed by atoms with E-state index in [2.05, 4.69) is 15.3 Å². The van der Waals surface area contributed by atoms with Crippen LogP contribution in [0.1, 0.15) is 60.7 Å². The largest absolute Gasteiger partial charge is 0.496 e. The number of hydrogen-bond acceptors (Lipinski definition) is 4. The minimum Gasteiger partial charge on any atom is -0.496 e. The minimum absolute atomic E-state index is 0.161. The van der Waals surface area contributed by atoms with E-state index < -0.39 is 23.8 Å². The quantitative estimate of drug-likeness (QED) is 0.544. The number of nitrogens with one attached hydrogen (secondary N) is 1. The van der Waals surface area contributed by atoms with Crippen LogP contribution in [0.15, 0.2) is 30.3 Å². The molecular formula is C22H22F3N3O. The van der Waals surface area contributed by atoms with Crippen molar-refractivity contribution in [1.29, 1.82) is 0 Å². The average molecular weight is 401 g/mol. The molecule has 1 aliphatic carbocycles. The molecule has 0 aliphatic heterocycles. The van der Waals surface area contributed by atoms with Crippen LogP contribution in [0.2, 0.25) is 0 Å². The van der Waals surface area contributed by atoms with E-state index in [1.165, 1.54) is 12.1 Å². The predicted molar refractivity (Wildman–Crippen MR) is 106 cm³/mol. The zero-order chi connectivity index (χ0) is 20.7. The highest BCUT2D eigenvalue weighted by molar-refractivity contribution is 5.91. The molecular weight excluding hydrogens is 379 g/mol. The number of aromatic nitrogens is 2. The fraction of sp³-hybridized carbons (Fsp3) is 0.364. The summed E-state index contributed by atoms with van der Waals surface area (Å²) < 4.78 is 46.2. The Balaban J connectivity index is 1.75. The third kappa shape index (κ3) is 3.73. The first kappa shape index (κ1) is 19.5. The van der Waals surface area contributed by atoms with Gasteiger partial charge >= 0.3 is 0 Å². The molecule has 1 aromatic heterocycles. The molecule has 0 amide bonds. The molecule has 1 aliphatic rings. The van der Waals surface area contributed by atoms with E-state index in [1.807, 2.05) is 12.1 Å². The Labute approximate surface area is 167 Å². The summed E-state index contributed by atoms with van der Waals surface area (Å²) in [5.41, 5.74) is 1.47. The number of aryl methyl sites for hydroxylation is 1. The Kier molecular flexibility index (Phi) is 5.06. The van der Waals surface area contributed by atoms with Gasteiger partial charge in [0.2, 0.25) is 0 Å². The molecule has 29 heavy (non-hydrogen) atoms. The molecule has 0 saturated heterocycles. The van der Waals surface area contributed by atoms with Crippen LogP contribution in [0.5, 0.6) is 5.75 Å². The molecule has 7 heteroatoms. The molecule has 152 valence electrons. The summed E-state index contributed by atoms with van der Waals surface area (Å²) in [6, 6.07) is 7.38. The summed E-state index contributed by atoms with van der Waals surface area (Å²) in [6.07, 6.45) is -0.601. The van der Waals surface area contributed by atoms with E-state index in [4.69, 9.17) is 4.74 Å². The van der Waals surface area contributed by atoms with E-state index in [0.29, 0.717) is 17.6 Å². The smallest absolute Gasteiger partial charge is 0.266 e. The van der Waals surface area contributed by atoms with Crippen molar-refractivity contribution < 1.29 is 17.9 Å². The highest BCUT2D eigenvalue weighted by Gasteiger charge is 2.28. The van der Waals surface area contributed by atoms with Gasteiger partial charge in [0.15, 0.2) is 0 Å². The first-order chi connectivity index (χ1) is 13.9. The Morgan fingerprint density at radius 3 is 2.52 bits per heavy atom. The number of methoxy groups -OCH3 is 1. The average Bonchev–Trinajstić information content (AvgIpc) is 3.52. The van der Waals surface area contributed by atoms with Crippen molar-refractivity contribution in [3.8, 4) is 5.75 Å². The maximum atomic E-state index is 14.6. The molecule has 1 fully saturated rings. The third-order valence-corrected chi connectivity index (χ3v) is 5.29. The van der Waals surface area contributed by atoms with Crippen LogP contribution in [0.25, 0.3) is 10.9 Å². The van der Waals surface area contributed by atoms with Gasteiger partial charge in [-0.2, -0.15) is 0 Å². The van der Waals surface area contributed by atoms with Crippen molar-refractivity contribution in [2.45, 2.75) is 45.1 Å². The van der Waals surface area contributed by atoms with Gasteiger partial charge in [0.1, 0.15) is 23.2 Å². The molecule has 0 spiro atoms. The van der Waals surface area contributed by atoms with Gasteiger partial charge in [-0.15, -0.1) is 0 Å². The lowest BCUT2D eigenvalue weighted by Gasteiger charge is -2.19. The van der Waals surface area contributed by atoms with E-state index in [0.717, 1.165) is 41.1 Å². The van der Waals surface area contributed by atoms with Crippen LogP contribution in [0.3, 0.4) is 0 Å². The predicted octanol–water partition coefficient (Wildman–Crippen LogP) is 6.07. The summed E-state index contributed by atoms with van der Waals surface area (Å²) in [4.78, 5) is 9.01. The molecule has 1 heterocycles. The third-order valence-electron chi connectivity index (χ3n) is 5.29. The van der Waals surface area contributed by atoms with Crippen LogP contribution < -0.4 is 10.1 Å². The SMILES string of the molecule is COc1cc2c(NC(C)c3cccc(C(F)F)c3F)nc(C)nc2cc1C1CC1. The molecule has 1 atom stereocenters. The lowest BCUT2D eigenvalue weighted by atomic mass is 10.0. The van der Waals surface area contributed by atoms with Gasteiger partial charge in [-0.05, 0) is 50.3 Å². The molecule has 0 radical (unpaired) electrons. The number of nitrogens with zero attached hydrogens (tertiary/aromatic N) is 2. The van der Waals surface area contributed by atoms with Crippen LogP contribution in [0.4, 0.5) is 19.0 Å². The van der Waals surface area contributed by atoms with E-state index >= 15 is 0 Å². The molecule has 2 aromatic carbocycles. The Hall–Kier alpha value is -2.83. The van der Waals surface area contributed by atoms with Crippen molar-refractivity contribution in [3.05, 3.63) is 58.7 Å². The number of ether oxygens (including phenoxy) is 1. The highest BCUT2D eigenvalue weighted by atomic mass is 19.3. The van der Waals surface area contributed by atoms with Crippen LogP contribution in [-0.2, 0) is 0 Å². The zero-order valence-corrected chi connectivity index (χ0v) is 16.5. The van der Waals surface area contributed by atoms with Gasteiger partial charge in [-0.3, -0.25) is 0 Å². The highest BCUT2D eigenvalue weighted by Crippen LogP contribution is 2.46. The second kappa shape index (κ2) is 7.54. The van der Waals surface area contributed by atoms with Crippen molar-refractivity contribution in [2.75, 3.05) is 12.4 Å². The summed E-state index contributed by atoms with van der Waals surface area (Å²) in [7, 11) is 1.63. The maximum Gasteiger partial charge on any atom is 0.266 e. The number of alkyl halides is 2. The van der Waals surface area contributed by atoms with Gasteiger partial charge in [0, 0.05) is 10.9 Å². The van der Waals surface area contributed by atoms with E-state index in [1.54, 1.807) is 21.0 Å². The number of benzene rings is 2. The van der Waals surface area contributed by atoms with Gasteiger partial charge in [-0.25, -0.2) is 23.1 Å². The number of rotatable bonds is 6. The molecule has 1 unspecified atom stereocenters. The van der Waals surface area contributed by atoms with Gasteiger partial charge in [0.25, 0.3) is 6.43 Å². The van der Waals surface area contributed by atoms with Crippen molar-refractivity contribution >= 4 is 16.7 Å². The van der Waals surface area contributed by atoms with Crippen molar-refractivity contribution in [1.82, 2.24) is 9.97 Å². The van der Waals surface area contributed by atoms with E-state index in [9.17, 15) is 13.2 Å². The number of fused-ring (bicyclic) bond motifs is 1. The number of hydrogen-bond donors (Lipinski definition) is 1. The number of anilines is 1. The van der Waals surface area contributed by atoms with Gasteiger partial charge in [-0.1, -0.05) is 18.2 Å². The first-order valence-electron chi connectivity index (χ1n) is 9.58. The summed E-state index contributed by atoms with van der Waals surface area (Å²) in [5, 5.41) is 3.92. The fourth-order valence-corrected chi connectivity index (χ4v) is 3.64. The molecule has 3 aromatic rings. The Morgan fingerprint density at radius 2 is 1.86 bits per heavy atom. The van der Waals surface area contributed by atoms with Gasteiger partial charge in [0.05, 0.1) is 24.2 Å². The lowest BCUT2D eigenvalue weighted by molar-refractivity contribution is 0.146. The standard InChI is InChI=1S/C22H22F3N3O/c1-11(14-5-4-6-15(20(14)23)21(24)25)26-22-17-10-19(29-3)16(13-7-8-13)9-18(17)27-12(2)28-22/h4-6,9-11,13,21H,7-8H2,1-3H3,(H,26,27,28). The summed E-state index contributed by atoms with van der Waals surface area (Å²) in [5.74, 6) is 1.45. The fourth-order valence-electron chi connectivity index (χ4n) is 3.64. The molecule has 0 bridgehead atoms. The maximum absolute atomic E-state index is 14.6. The molecule has 1 saturated carbocycles. The topological polar surface area (TPSA) is 47.0 Å².